The fraction of sp³-hybridized carbons (Fsp3) is 0.643. The Bertz CT molecular complexity index is 966. The van der Waals surface area contributed by atoms with E-state index < -0.39 is 42.0 Å². The van der Waals surface area contributed by atoms with Crippen LogP contribution in [-0.4, -0.2) is 52.9 Å². The molecule has 9 nitrogen and oxygen atoms in total. The molecule has 0 spiro atoms. The van der Waals surface area contributed by atoms with E-state index in [9.17, 15) is 19.2 Å². The summed E-state index contributed by atoms with van der Waals surface area (Å²) >= 11 is 0. The number of alkyl carbamates (subject to hydrolysis) is 1. The predicted octanol–water partition coefficient (Wildman–Crippen LogP) is 3.80. The van der Waals surface area contributed by atoms with Crippen molar-refractivity contribution in [2.75, 3.05) is 6.54 Å². The lowest BCUT2D eigenvalue weighted by atomic mass is 9.92. The second-order valence-electron chi connectivity index (χ2n) is 10.9. The summed E-state index contributed by atoms with van der Waals surface area (Å²) < 4.78 is 5.32. The van der Waals surface area contributed by atoms with Crippen molar-refractivity contribution in [2.24, 2.45) is 5.73 Å². The maximum absolute atomic E-state index is 13.9. The number of nitrogens with one attached hydrogen (secondary N) is 2. The zero-order valence-electron chi connectivity index (χ0n) is 23.2. The molecule has 0 aliphatic heterocycles. The SMILES string of the molecule is CCCN(C(=O)C(CC(N)=O)NC(=O)OC(C)(C)C)C(C(=O)NC1CCCCC1)c1cccc(C)c1C. The van der Waals surface area contributed by atoms with Crippen LogP contribution in [0.25, 0.3) is 0 Å². The molecule has 4 N–H and O–H groups in total. The molecular weight excluding hydrogens is 472 g/mol. The molecule has 2 rings (SSSR count). The Morgan fingerprint density at radius 1 is 1.11 bits per heavy atom. The van der Waals surface area contributed by atoms with Gasteiger partial charge in [-0.2, -0.15) is 0 Å². The number of hydrogen-bond acceptors (Lipinski definition) is 5. The molecular formula is C28H44N4O5. The van der Waals surface area contributed by atoms with Crippen LogP contribution >= 0.6 is 0 Å². The molecule has 206 valence electrons. The molecule has 1 aliphatic carbocycles. The molecule has 4 amide bonds. The van der Waals surface area contributed by atoms with Gasteiger partial charge in [0.15, 0.2) is 0 Å². The van der Waals surface area contributed by atoms with Crippen LogP contribution in [0.2, 0.25) is 0 Å². The first-order valence-corrected chi connectivity index (χ1v) is 13.3. The lowest BCUT2D eigenvalue weighted by Gasteiger charge is -2.36. The van der Waals surface area contributed by atoms with Gasteiger partial charge in [-0.15, -0.1) is 0 Å². The van der Waals surface area contributed by atoms with E-state index in [1.807, 2.05) is 39.0 Å². The molecule has 1 aromatic rings. The average molecular weight is 517 g/mol. The summed E-state index contributed by atoms with van der Waals surface area (Å²) in [5.74, 6) is -1.57. The van der Waals surface area contributed by atoms with Crippen LogP contribution in [-0.2, 0) is 19.1 Å². The Balaban J connectivity index is 2.48. The van der Waals surface area contributed by atoms with Crippen LogP contribution in [0, 0.1) is 13.8 Å². The highest BCUT2D eigenvalue weighted by Gasteiger charge is 2.38. The highest BCUT2D eigenvalue weighted by Crippen LogP contribution is 2.29. The number of primary amides is 1. The summed E-state index contributed by atoms with van der Waals surface area (Å²) in [5.41, 5.74) is 7.26. The third-order valence-electron chi connectivity index (χ3n) is 6.59. The van der Waals surface area contributed by atoms with Crippen LogP contribution in [0.5, 0.6) is 0 Å². The zero-order valence-corrected chi connectivity index (χ0v) is 23.2. The number of ether oxygens (including phenoxy) is 1. The number of hydrogen-bond donors (Lipinski definition) is 3. The number of benzene rings is 1. The Kier molecular flexibility index (Phi) is 10.9. The van der Waals surface area contributed by atoms with Crippen LogP contribution < -0.4 is 16.4 Å². The molecule has 0 bridgehead atoms. The van der Waals surface area contributed by atoms with Gasteiger partial charge >= 0.3 is 6.09 Å². The smallest absolute Gasteiger partial charge is 0.408 e. The third-order valence-corrected chi connectivity index (χ3v) is 6.59. The zero-order chi connectivity index (χ0) is 27.8. The van der Waals surface area contributed by atoms with E-state index in [0.717, 1.165) is 43.2 Å². The maximum Gasteiger partial charge on any atom is 0.408 e. The summed E-state index contributed by atoms with van der Waals surface area (Å²) in [6, 6.07) is 3.54. The van der Waals surface area contributed by atoms with Crippen molar-refractivity contribution in [3.63, 3.8) is 0 Å². The molecule has 0 saturated heterocycles. The second kappa shape index (κ2) is 13.4. The highest BCUT2D eigenvalue weighted by atomic mass is 16.6. The van der Waals surface area contributed by atoms with Crippen molar-refractivity contribution >= 4 is 23.8 Å². The predicted molar refractivity (Wildman–Crippen MR) is 143 cm³/mol. The minimum Gasteiger partial charge on any atom is -0.444 e. The first-order valence-electron chi connectivity index (χ1n) is 13.3. The summed E-state index contributed by atoms with van der Waals surface area (Å²) in [7, 11) is 0. The molecule has 0 aromatic heterocycles. The molecule has 1 saturated carbocycles. The Hall–Kier alpha value is -3.10. The fourth-order valence-corrected chi connectivity index (χ4v) is 4.71. The number of carbonyl (C=O) groups excluding carboxylic acids is 4. The van der Waals surface area contributed by atoms with Crippen molar-refractivity contribution in [3.05, 3.63) is 34.9 Å². The Labute approximate surface area is 220 Å². The molecule has 1 fully saturated rings. The van der Waals surface area contributed by atoms with E-state index in [-0.39, 0.29) is 18.5 Å². The molecule has 2 atom stereocenters. The van der Waals surface area contributed by atoms with Crippen molar-refractivity contribution in [1.29, 1.82) is 0 Å². The number of aryl methyl sites for hydroxylation is 1. The number of amides is 4. The highest BCUT2D eigenvalue weighted by molar-refractivity contribution is 5.94. The molecule has 0 radical (unpaired) electrons. The van der Waals surface area contributed by atoms with Gasteiger partial charge in [-0.05, 0) is 70.6 Å². The summed E-state index contributed by atoms with van der Waals surface area (Å²) in [6.07, 6.45) is 4.38. The van der Waals surface area contributed by atoms with Gasteiger partial charge in [-0.25, -0.2) is 4.79 Å². The van der Waals surface area contributed by atoms with Crippen LogP contribution in [0.3, 0.4) is 0 Å². The van der Waals surface area contributed by atoms with Gasteiger partial charge in [0.05, 0.1) is 6.42 Å². The van der Waals surface area contributed by atoms with E-state index >= 15 is 0 Å². The lowest BCUT2D eigenvalue weighted by molar-refractivity contribution is -0.143. The van der Waals surface area contributed by atoms with Gasteiger partial charge in [-0.3, -0.25) is 14.4 Å². The first-order chi connectivity index (χ1) is 17.3. The molecule has 1 aliphatic rings. The molecule has 0 heterocycles. The molecule has 1 aromatic carbocycles. The van der Waals surface area contributed by atoms with Gasteiger partial charge < -0.3 is 26.0 Å². The van der Waals surface area contributed by atoms with E-state index in [1.165, 1.54) is 4.90 Å². The van der Waals surface area contributed by atoms with Crippen LogP contribution in [0.15, 0.2) is 18.2 Å². The lowest BCUT2D eigenvalue weighted by Crippen LogP contribution is -2.55. The van der Waals surface area contributed by atoms with Gasteiger partial charge in [0.1, 0.15) is 17.7 Å². The Morgan fingerprint density at radius 2 is 1.76 bits per heavy atom. The van der Waals surface area contributed by atoms with Crippen LogP contribution in [0.1, 0.15) is 95.4 Å². The minimum atomic E-state index is -1.27. The van der Waals surface area contributed by atoms with Gasteiger partial charge in [0.25, 0.3) is 0 Å². The molecule has 37 heavy (non-hydrogen) atoms. The van der Waals surface area contributed by atoms with Crippen molar-refractivity contribution in [1.82, 2.24) is 15.5 Å². The standard InChI is InChI=1S/C28H44N4O5/c1-7-16-32(26(35)22(17-23(29)33)31-27(36)37-28(4,5)6)24(21-15-11-12-18(2)19(21)3)25(34)30-20-13-9-8-10-14-20/h11-12,15,20,22,24H,7-10,13-14,16-17H2,1-6H3,(H2,29,33)(H,30,34)(H,31,36). The van der Waals surface area contributed by atoms with Gasteiger partial charge in [-0.1, -0.05) is 44.4 Å². The molecule has 2 unspecified atom stereocenters. The summed E-state index contributed by atoms with van der Waals surface area (Å²) in [5, 5.41) is 5.68. The van der Waals surface area contributed by atoms with Crippen molar-refractivity contribution < 1.29 is 23.9 Å². The summed E-state index contributed by atoms with van der Waals surface area (Å²) in [4.78, 5) is 53.7. The second-order valence-corrected chi connectivity index (χ2v) is 10.9. The van der Waals surface area contributed by atoms with Crippen LogP contribution in [0.4, 0.5) is 4.79 Å². The van der Waals surface area contributed by atoms with E-state index in [4.69, 9.17) is 10.5 Å². The third kappa shape index (κ3) is 9.05. The summed E-state index contributed by atoms with van der Waals surface area (Å²) in [6.45, 7) is 11.2. The number of rotatable bonds is 10. The number of nitrogens with two attached hydrogens (primary N) is 1. The molecule has 9 heteroatoms. The number of nitrogens with zero attached hydrogens (tertiary/aromatic N) is 1. The normalized spacial score (nSPS) is 15.8. The Morgan fingerprint density at radius 3 is 2.32 bits per heavy atom. The van der Waals surface area contributed by atoms with Gasteiger partial charge in [0, 0.05) is 12.6 Å². The van der Waals surface area contributed by atoms with Crippen molar-refractivity contribution in [2.45, 2.75) is 110 Å². The monoisotopic (exact) mass is 516 g/mol. The van der Waals surface area contributed by atoms with E-state index in [0.29, 0.717) is 12.0 Å². The topological polar surface area (TPSA) is 131 Å². The van der Waals surface area contributed by atoms with Crippen molar-refractivity contribution in [3.8, 4) is 0 Å². The minimum absolute atomic E-state index is 0.0498. The van der Waals surface area contributed by atoms with E-state index in [1.54, 1.807) is 20.8 Å². The van der Waals surface area contributed by atoms with E-state index in [2.05, 4.69) is 10.6 Å². The van der Waals surface area contributed by atoms with Gasteiger partial charge in [0.2, 0.25) is 17.7 Å². The quantitative estimate of drug-likeness (QED) is 0.435. The maximum atomic E-state index is 13.9. The number of carbonyl (C=O) groups is 4. The first kappa shape index (κ1) is 30.1. The fourth-order valence-electron chi connectivity index (χ4n) is 4.71. The average Bonchev–Trinajstić information content (AvgIpc) is 2.79. The largest absolute Gasteiger partial charge is 0.444 e.